The molecule has 106 valence electrons. The van der Waals surface area contributed by atoms with Gasteiger partial charge in [-0.25, -0.2) is 0 Å². The molecular weight excluding hydrogens is 276 g/mol. The molecule has 5 nitrogen and oxygen atoms in total. The van der Waals surface area contributed by atoms with Crippen LogP contribution in [0.1, 0.15) is 25.5 Å². The molecule has 1 fully saturated rings. The molecular formula is C14H16N2O3S. The first-order valence-electron chi connectivity index (χ1n) is 6.58. The average Bonchev–Trinajstić information content (AvgIpc) is 2.37. The summed E-state index contributed by atoms with van der Waals surface area (Å²) in [6.07, 6.45) is 0. The fraction of sp³-hybridized carbons (Fsp3) is 0.429. The summed E-state index contributed by atoms with van der Waals surface area (Å²) in [4.78, 5) is 12.3. The number of carbonyl (C=O) groups is 1. The predicted molar refractivity (Wildman–Crippen MR) is 77.2 cm³/mol. The summed E-state index contributed by atoms with van der Waals surface area (Å²) in [7, 11) is 0. The van der Waals surface area contributed by atoms with Crippen LogP contribution in [-0.4, -0.2) is 23.4 Å². The summed E-state index contributed by atoms with van der Waals surface area (Å²) in [6.45, 7) is 3.95. The average molecular weight is 292 g/mol. The van der Waals surface area contributed by atoms with Crippen molar-refractivity contribution in [2.75, 3.05) is 6.61 Å². The molecule has 1 saturated heterocycles. The highest BCUT2D eigenvalue weighted by Crippen LogP contribution is 2.44. The zero-order valence-electron chi connectivity index (χ0n) is 11.3. The van der Waals surface area contributed by atoms with Gasteiger partial charge in [-0.3, -0.25) is 4.79 Å². The van der Waals surface area contributed by atoms with Crippen molar-refractivity contribution in [3.8, 4) is 5.75 Å². The van der Waals surface area contributed by atoms with Crippen LogP contribution in [0.3, 0.4) is 0 Å². The first-order valence-corrected chi connectivity index (χ1v) is 6.99. The van der Waals surface area contributed by atoms with Crippen molar-refractivity contribution in [1.29, 1.82) is 0 Å². The zero-order chi connectivity index (χ0) is 14.3. The van der Waals surface area contributed by atoms with Crippen molar-refractivity contribution < 1.29 is 14.3 Å². The quantitative estimate of drug-likeness (QED) is 0.636. The van der Waals surface area contributed by atoms with Crippen LogP contribution < -0.4 is 15.4 Å². The zero-order valence-corrected chi connectivity index (χ0v) is 12.1. The molecule has 2 bridgehead atoms. The van der Waals surface area contributed by atoms with Gasteiger partial charge in [-0.05, 0) is 32.1 Å². The number of para-hydroxylation sites is 1. The standard InChI is InChI=1S/C14H16N2O3S/c1-3-18-12(17)10-11-8-6-4-5-7-9(8)19-14(10,2)16-13(20)15-11/h4-7,10-11H,3H2,1-2H3,(H2,15,16,20)/t10-,11+,14-/m1/s1. The van der Waals surface area contributed by atoms with Gasteiger partial charge in [0.25, 0.3) is 0 Å². The Balaban J connectivity index is 2.08. The molecule has 0 spiro atoms. The number of ether oxygens (including phenoxy) is 2. The fourth-order valence-electron chi connectivity index (χ4n) is 2.88. The van der Waals surface area contributed by atoms with Gasteiger partial charge in [-0.15, -0.1) is 0 Å². The largest absolute Gasteiger partial charge is 0.467 e. The third-order valence-corrected chi connectivity index (χ3v) is 3.91. The highest BCUT2D eigenvalue weighted by Gasteiger charge is 2.55. The van der Waals surface area contributed by atoms with E-state index in [1.807, 2.05) is 31.2 Å². The topological polar surface area (TPSA) is 59.6 Å². The molecule has 2 aliphatic rings. The van der Waals surface area contributed by atoms with Crippen molar-refractivity contribution >= 4 is 23.3 Å². The Labute approximate surface area is 122 Å². The first-order chi connectivity index (χ1) is 9.55. The number of rotatable bonds is 2. The Morgan fingerprint density at radius 3 is 3.00 bits per heavy atom. The van der Waals surface area contributed by atoms with Gasteiger partial charge in [-0.1, -0.05) is 18.2 Å². The summed E-state index contributed by atoms with van der Waals surface area (Å²) in [6, 6.07) is 7.41. The predicted octanol–water partition coefficient (Wildman–Crippen LogP) is 1.49. The SMILES string of the molecule is CCOC(=O)[C@H]1[C@H]2NC(=S)N[C@]1(C)Oc1ccccc12. The minimum absolute atomic E-state index is 0.238. The molecule has 20 heavy (non-hydrogen) atoms. The van der Waals surface area contributed by atoms with Gasteiger partial charge in [0, 0.05) is 5.56 Å². The van der Waals surface area contributed by atoms with Gasteiger partial charge in [0.05, 0.1) is 12.6 Å². The number of esters is 1. The van der Waals surface area contributed by atoms with Gasteiger partial charge < -0.3 is 20.1 Å². The van der Waals surface area contributed by atoms with Crippen LogP contribution in [0.25, 0.3) is 0 Å². The highest BCUT2D eigenvalue weighted by molar-refractivity contribution is 7.80. The summed E-state index contributed by atoms with van der Waals surface area (Å²) in [5.74, 6) is -0.0379. The van der Waals surface area contributed by atoms with Crippen LogP contribution in [0.2, 0.25) is 0 Å². The molecule has 2 N–H and O–H groups in total. The van der Waals surface area contributed by atoms with Crippen molar-refractivity contribution in [1.82, 2.24) is 10.6 Å². The number of carbonyl (C=O) groups excluding carboxylic acids is 1. The van der Waals surface area contributed by atoms with E-state index in [4.69, 9.17) is 21.7 Å². The van der Waals surface area contributed by atoms with Gasteiger partial charge >= 0.3 is 5.97 Å². The van der Waals surface area contributed by atoms with Crippen molar-refractivity contribution in [2.45, 2.75) is 25.6 Å². The van der Waals surface area contributed by atoms with E-state index in [1.54, 1.807) is 6.92 Å². The third-order valence-electron chi connectivity index (χ3n) is 3.69. The second-order valence-electron chi connectivity index (χ2n) is 5.05. The molecule has 0 unspecified atom stereocenters. The molecule has 3 atom stereocenters. The maximum absolute atomic E-state index is 12.3. The lowest BCUT2D eigenvalue weighted by atomic mass is 9.80. The number of nitrogens with one attached hydrogen (secondary N) is 2. The lowest BCUT2D eigenvalue weighted by Gasteiger charge is -2.50. The Morgan fingerprint density at radius 2 is 2.25 bits per heavy atom. The molecule has 3 rings (SSSR count). The number of benzene rings is 1. The maximum Gasteiger partial charge on any atom is 0.317 e. The molecule has 0 radical (unpaired) electrons. The fourth-order valence-corrected chi connectivity index (χ4v) is 3.21. The Kier molecular flexibility index (Phi) is 3.05. The lowest BCUT2D eigenvalue weighted by Crippen LogP contribution is -2.70. The minimum Gasteiger partial charge on any atom is -0.467 e. The number of thiocarbonyl (C=S) groups is 1. The van der Waals surface area contributed by atoms with Crippen LogP contribution in [0.5, 0.6) is 5.75 Å². The van der Waals surface area contributed by atoms with E-state index in [0.29, 0.717) is 11.7 Å². The van der Waals surface area contributed by atoms with E-state index < -0.39 is 11.6 Å². The van der Waals surface area contributed by atoms with Crippen LogP contribution in [0.4, 0.5) is 0 Å². The third kappa shape index (κ3) is 1.91. The molecule has 1 aromatic rings. The Bertz CT molecular complexity index is 577. The van der Waals surface area contributed by atoms with E-state index >= 15 is 0 Å². The molecule has 6 heteroatoms. The molecule has 0 saturated carbocycles. The van der Waals surface area contributed by atoms with E-state index in [0.717, 1.165) is 11.3 Å². The second-order valence-corrected chi connectivity index (χ2v) is 5.46. The van der Waals surface area contributed by atoms with E-state index in [2.05, 4.69) is 10.6 Å². The van der Waals surface area contributed by atoms with Crippen molar-refractivity contribution in [2.24, 2.45) is 5.92 Å². The van der Waals surface area contributed by atoms with E-state index in [-0.39, 0.29) is 12.0 Å². The van der Waals surface area contributed by atoms with Crippen LogP contribution in [0.15, 0.2) is 24.3 Å². The normalized spacial score (nSPS) is 30.4. The smallest absolute Gasteiger partial charge is 0.317 e. The van der Waals surface area contributed by atoms with Crippen LogP contribution in [0, 0.1) is 5.92 Å². The molecule has 0 aromatic heterocycles. The number of hydrogen-bond donors (Lipinski definition) is 2. The van der Waals surface area contributed by atoms with Gasteiger partial charge in [0.1, 0.15) is 11.7 Å². The highest BCUT2D eigenvalue weighted by atomic mass is 32.1. The molecule has 0 amide bonds. The number of fused-ring (bicyclic) bond motifs is 4. The van der Waals surface area contributed by atoms with Gasteiger partial charge in [0.2, 0.25) is 0 Å². The lowest BCUT2D eigenvalue weighted by molar-refractivity contribution is -0.161. The van der Waals surface area contributed by atoms with Crippen molar-refractivity contribution in [3.05, 3.63) is 29.8 Å². The summed E-state index contributed by atoms with van der Waals surface area (Å²) in [5.41, 5.74) is 0.0278. The Hall–Kier alpha value is -1.82. The summed E-state index contributed by atoms with van der Waals surface area (Å²) < 4.78 is 11.2. The maximum atomic E-state index is 12.3. The first kappa shape index (κ1) is 13.2. The Morgan fingerprint density at radius 1 is 1.50 bits per heavy atom. The summed E-state index contributed by atoms with van der Waals surface area (Å²) in [5, 5.41) is 6.69. The van der Waals surface area contributed by atoms with Crippen LogP contribution >= 0.6 is 12.2 Å². The summed E-state index contributed by atoms with van der Waals surface area (Å²) >= 11 is 5.21. The van der Waals surface area contributed by atoms with Gasteiger partial charge in [0.15, 0.2) is 10.8 Å². The van der Waals surface area contributed by atoms with E-state index in [1.165, 1.54) is 0 Å². The minimum atomic E-state index is -0.895. The van der Waals surface area contributed by atoms with Crippen molar-refractivity contribution in [3.63, 3.8) is 0 Å². The molecule has 0 aliphatic carbocycles. The molecule has 2 aliphatic heterocycles. The molecule has 1 aromatic carbocycles. The monoisotopic (exact) mass is 292 g/mol. The van der Waals surface area contributed by atoms with Gasteiger partial charge in [-0.2, -0.15) is 0 Å². The second kappa shape index (κ2) is 4.63. The number of hydrogen-bond acceptors (Lipinski definition) is 4. The van der Waals surface area contributed by atoms with E-state index in [9.17, 15) is 4.79 Å². The molecule has 2 heterocycles. The van der Waals surface area contributed by atoms with Crippen LogP contribution in [-0.2, 0) is 9.53 Å².